The van der Waals surface area contributed by atoms with E-state index in [1.165, 1.54) is 36.0 Å². The summed E-state index contributed by atoms with van der Waals surface area (Å²) in [5, 5.41) is 17.2. The zero-order chi connectivity index (χ0) is 21.3. The van der Waals surface area contributed by atoms with Crippen molar-refractivity contribution in [3.8, 4) is 0 Å². The number of aromatic nitrogens is 4. The van der Waals surface area contributed by atoms with Gasteiger partial charge in [0, 0.05) is 16.6 Å². The lowest BCUT2D eigenvalue weighted by Gasteiger charge is -2.13. The second-order valence-corrected chi connectivity index (χ2v) is 9.27. The number of nitrogens with one attached hydrogen (secondary N) is 2. The molecular formula is C19H18N6O3S2. The number of hydrogen-bond donors (Lipinski definition) is 3. The maximum atomic E-state index is 12.7. The summed E-state index contributed by atoms with van der Waals surface area (Å²) in [6.07, 6.45) is 0.542. The molecule has 0 radical (unpaired) electrons. The number of hydrogen-bond acceptors (Lipinski definition) is 7. The van der Waals surface area contributed by atoms with E-state index in [0.717, 1.165) is 10.9 Å². The highest BCUT2D eigenvalue weighted by Crippen LogP contribution is 2.27. The average Bonchev–Trinajstić information content (AvgIpc) is 3.09. The van der Waals surface area contributed by atoms with Crippen molar-refractivity contribution in [1.29, 1.82) is 0 Å². The Balaban J connectivity index is 1.51. The van der Waals surface area contributed by atoms with Gasteiger partial charge in [-0.3, -0.25) is 4.79 Å². The second-order valence-electron chi connectivity index (χ2n) is 6.54. The third kappa shape index (κ3) is 4.13. The van der Waals surface area contributed by atoms with Crippen LogP contribution in [-0.2, 0) is 14.8 Å². The summed E-state index contributed by atoms with van der Waals surface area (Å²) >= 11 is 1.22. The minimum Gasteiger partial charge on any atom is -0.338 e. The van der Waals surface area contributed by atoms with Crippen LogP contribution in [0.2, 0.25) is 0 Å². The van der Waals surface area contributed by atoms with E-state index in [1.54, 1.807) is 0 Å². The fourth-order valence-corrected chi connectivity index (χ4v) is 4.29. The molecule has 0 saturated carbocycles. The van der Waals surface area contributed by atoms with Crippen LogP contribution in [0, 0.1) is 0 Å². The van der Waals surface area contributed by atoms with Gasteiger partial charge in [-0.05, 0) is 36.8 Å². The molecule has 2 heterocycles. The molecule has 2 aromatic heterocycles. The topological polar surface area (TPSA) is 144 Å². The number of H-pyrrole nitrogens is 1. The molecule has 11 heteroatoms. The van der Waals surface area contributed by atoms with Gasteiger partial charge < -0.3 is 10.3 Å². The van der Waals surface area contributed by atoms with Gasteiger partial charge in [-0.15, -0.1) is 10.2 Å². The molecule has 0 saturated heterocycles. The van der Waals surface area contributed by atoms with E-state index < -0.39 is 15.3 Å². The van der Waals surface area contributed by atoms with E-state index in [4.69, 9.17) is 5.14 Å². The number of nitrogens with zero attached hydrogens (tertiary/aromatic N) is 3. The van der Waals surface area contributed by atoms with Gasteiger partial charge in [0.1, 0.15) is 5.52 Å². The molecule has 0 aliphatic heterocycles. The zero-order valence-electron chi connectivity index (χ0n) is 15.9. The number of primary sulfonamides is 1. The lowest BCUT2D eigenvalue weighted by atomic mass is 10.2. The standard InChI is InChI=1S/C19H18N6O3S2/c1-2-15(18(26)21-11-7-9-12(10-8-11)30(20,27)28)29-19-23-17-16(24-25-19)13-5-3-4-6-14(13)22-17/h3-10,15H,2H2,1H3,(H,21,26)(H2,20,27,28)(H,22,23,25)/t15-/m1/s1. The fourth-order valence-electron chi connectivity index (χ4n) is 2.96. The van der Waals surface area contributed by atoms with E-state index in [0.29, 0.717) is 28.4 Å². The van der Waals surface area contributed by atoms with Crippen LogP contribution in [0.25, 0.3) is 22.1 Å². The molecule has 0 spiro atoms. The normalized spacial score (nSPS) is 12.9. The first-order valence-electron chi connectivity index (χ1n) is 9.06. The van der Waals surface area contributed by atoms with Crippen molar-refractivity contribution >= 4 is 55.4 Å². The molecule has 0 bridgehead atoms. The summed E-state index contributed by atoms with van der Waals surface area (Å²) in [6, 6.07) is 13.4. The van der Waals surface area contributed by atoms with Gasteiger partial charge in [-0.25, -0.2) is 18.5 Å². The highest BCUT2D eigenvalue weighted by molar-refractivity contribution is 8.00. The van der Waals surface area contributed by atoms with Gasteiger partial charge in [0.05, 0.1) is 10.1 Å². The third-order valence-electron chi connectivity index (χ3n) is 4.46. The highest BCUT2D eigenvalue weighted by Gasteiger charge is 2.21. The number of amides is 1. The fraction of sp³-hybridized carbons (Fsp3) is 0.158. The minimum absolute atomic E-state index is 0.0203. The zero-order valence-corrected chi connectivity index (χ0v) is 17.5. The molecule has 2 aromatic carbocycles. The minimum atomic E-state index is -3.78. The first kappa shape index (κ1) is 20.3. The average molecular weight is 443 g/mol. The predicted octanol–water partition coefficient (Wildman–Crippen LogP) is 2.66. The van der Waals surface area contributed by atoms with E-state index in [1.807, 2.05) is 31.2 Å². The number of anilines is 1. The Kier molecular flexibility index (Phi) is 5.41. The number of para-hydroxylation sites is 1. The Bertz CT molecular complexity index is 1340. The summed E-state index contributed by atoms with van der Waals surface area (Å²) in [5.41, 5.74) is 2.69. The summed E-state index contributed by atoms with van der Waals surface area (Å²) in [6.45, 7) is 1.89. The molecule has 4 rings (SSSR count). The van der Waals surface area contributed by atoms with Crippen molar-refractivity contribution in [3.63, 3.8) is 0 Å². The lowest BCUT2D eigenvalue weighted by Crippen LogP contribution is -2.25. The van der Waals surface area contributed by atoms with Crippen LogP contribution in [0.15, 0.2) is 58.6 Å². The largest absolute Gasteiger partial charge is 0.338 e. The Hall–Kier alpha value is -3.02. The van der Waals surface area contributed by atoms with E-state index in [2.05, 4.69) is 25.5 Å². The Morgan fingerprint density at radius 2 is 1.90 bits per heavy atom. The lowest BCUT2D eigenvalue weighted by molar-refractivity contribution is -0.115. The summed E-state index contributed by atoms with van der Waals surface area (Å²) in [7, 11) is -3.78. The number of benzene rings is 2. The number of aromatic amines is 1. The molecule has 0 unspecified atom stereocenters. The SMILES string of the molecule is CC[C@@H](Sc1nnc2c(n1)[nH]c1ccccc12)C(=O)Nc1ccc(S(N)(=O)=O)cc1. The van der Waals surface area contributed by atoms with Crippen molar-refractivity contribution in [2.45, 2.75) is 28.6 Å². The molecule has 30 heavy (non-hydrogen) atoms. The first-order chi connectivity index (χ1) is 14.3. The number of sulfonamides is 1. The van der Waals surface area contributed by atoms with Gasteiger partial charge >= 0.3 is 0 Å². The van der Waals surface area contributed by atoms with Gasteiger partial charge in [0.25, 0.3) is 0 Å². The molecule has 0 aliphatic rings. The van der Waals surface area contributed by atoms with E-state index in [9.17, 15) is 13.2 Å². The van der Waals surface area contributed by atoms with E-state index in [-0.39, 0.29) is 10.8 Å². The Morgan fingerprint density at radius 1 is 1.17 bits per heavy atom. The number of rotatable bonds is 6. The number of nitrogens with two attached hydrogens (primary N) is 1. The molecule has 9 nitrogen and oxygen atoms in total. The molecule has 154 valence electrons. The Morgan fingerprint density at radius 3 is 2.60 bits per heavy atom. The van der Waals surface area contributed by atoms with Gasteiger partial charge in [-0.1, -0.05) is 36.9 Å². The maximum Gasteiger partial charge on any atom is 0.238 e. The summed E-state index contributed by atoms with van der Waals surface area (Å²) in [5.74, 6) is -0.244. The first-order valence-corrected chi connectivity index (χ1v) is 11.5. The predicted molar refractivity (Wildman–Crippen MR) is 116 cm³/mol. The Labute approximate surface area is 176 Å². The maximum absolute atomic E-state index is 12.7. The third-order valence-corrected chi connectivity index (χ3v) is 6.61. The molecule has 4 N–H and O–H groups in total. The van der Waals surface area contributed by atoms with Crippen LogP contribution in [0.1, 0.15) is 13.3 Å². The highest BCUT2D eigenvalue weighted by atomic mass is 32.2. The van der Waals surface area contributed by atoms with Crippen LogP contribution in [-0.4, -0.2) is 39.7 Å². The van der Waals surface area contributed by atoms with Crippen LogP contribution in [0.4, 0.5) is 5.69 Å². The molecule has 1 atom stereocenters. The number of thioether (sulfide) groups is 1. The second kappa shape index (κ2) is 8.01. The number of fused-ring (bicyclic) bond motifs is 3. The van der Waals surface area contributed by atoms with Crippen molar-refractivity contribution in [2.24, 2.45) is 5.14 Å². The van der Waals surface area contributed by atoms with Crippen molar-refractivity contribution in [1.82, 2.24) is 20.2 Å². The molecular weight excluding hydrogens is 424 g/mol. The molecule has 4 aromatic rings. The van der Waals surface area contributed by atoms with Crippen molar-refractivity contribution < 1.29 is 13.2 Å². The van der Waals surface area contributed by atoms with Crippen LogP contribution < -0.4 is 10.5 Å². The number of carbonyl (C=O) groups excluding carboxylic acids is 1. The molecule has 0 fully saturated rings. The molecule has 0 aliphatic carbocycles. The van der Waals surface area contributed by atoms with E-state index >= 15 is 0 Å². The van der Waals surface area contributed by atoms with Crippen LogP contribution >= 0.6 is 11.8 Å². The van der Waals surface area contributed by atoms with Gasteiger partial charge in [0.15, 0.2) is 5.65 Å². The van der Waals surface area contributed by atoms with Gasteiger partial charge in [-0.2, -0.15) is 0 Å². The summed E-state index contributed by atoms with van der Waals surface area (Å²) < 4.78 is 22.7. The summed E-state index contributed by atoms with van der Waals surface area (Å²) in [4.78, 5) is 20.4. The van der Waals surface area contributed by atoms with Crippen molar-refractivity contribution in [3.05, 3.63) is 48.5 Å². The monoisotopic (exact) mass is 442 g/mol. The van der Waals surface area contributed by atoms with Gasteiger partial charge in [0.2, 0.25) is 21.1 Å². The van der Waals surface area contributed by atoms with Crippen LogP contribution in [0.5, 0.6) is 0 Å². The quantitative estimate of drug-likeness (QED) is 0.389. The number of carbonyl (C=O) groups is 1. The van der Waals surface area contributed by atoms with Crippen molar-refractivity contribution in [2.75, 3.05) is 5.32 Å². The molecule has 1 amide bonds. The van der Waals surface area contributed by atoms with Crippen LogP contribution in [0.3, 0.4) is 0 Å². The smallest absolute Gasteiger partial charge is 0.238 e.